The molecule has 0 heterocycles. The first-order valence-corrected chi connectivity index (χ1v) is 9.69. The molecular weight excluding hydrogens is 370 g/mol. The summed E-state index contributed by atoms with van der Waals surface area (Å²) in [6.45, 7) is -1.45. The van der Waals surface area contributed by atoms with E-state index in [0.29, 0.717) is 19.6 Å². The maximum atomic E-state index is 12.4. The predicted molar refractivity (Wildman–Crippen MR) is 104 cm³/mol. The van der Waals surface area contributed by atoms with Crippen molar-refractivity contribution in [1.82, 2.24) is 9.80 Å². The molecule has 2 aromatic carbocycles. The van der Waals surface area contributed by atoms with E-state index in [1.165, 1.54) is 17.0 Å². The Kier molecular flexibility index (Phi) is 8.06. The lowest BCUT2D eigenvalue weighted by Gasteiger charge is -2.22. The summed E-state index contributed by atoms with van der Waals surface area (Å²) < 4.78 is 28.7. The van der Waals surface area contributed by atoms with Crippen LogP contribution in [0.3, 0.4) is 0 Å². The van der Waals surface area contributed by atoms with Crippen LogP contribution < -0.4 is 4.74 Å². The van der Waals surface area contributed by atoms with E-state index in [2.05, 4.69) is 29.0 Å². The quantitative estimate of drug-likeness (QED) is 0.600. The summed E-state index contributed by atoms with van der Waals surface area (Å²) in [6, 6.07) is 14.6. The molecule has 0 spiro atoms. The Morgan fingerprint density at radius 1 is 1.00 bits per heavy atom. The van der Waals surface area contributed by atoms with E-state index < -0.39 is 6.61 Å². The fraction of sp³-hybridized carbons (Fsp3) is 0.350. The third kappa shape index (κ3) is 7.19. The molecule has 0 aliphatic rings. The van der Waals surface area contributed by atoms with Crippen molar-refractivity contribution in [3.63, 3.8) is 0 Å². The zero-order chi connectivity index (χ0) is 19.8. The number of carbonyl (C=O) groups excluding carboxylic acids is 1. The number of alkyl halides is 2. The molecule has 4 nitrogen and oxygen atoms in total. The molecule has 0 atom stereocenters. The van der Waals surface area contributed by atoms with Crippen LogP contribution in [0.25, 0.3) is 0 Å². The molecule has 7 heteroatoms. The smallest absolute Gasteiger partial charge is 0.387 e. The third-order valence-corrected chi connectivity index (χ3v) is 4.75. The highest BCUT2D eigenvalue weighted by Crippen LogP contribution is 2.17. The first kappa shape index (κ1) is 21.2. The van der Waals surface area contributed by atoms with Crippen LogP contribution in [0.4, 0.5) is 8.78 Å². The Morgan fingerprint density at radius 2 is 1.56 bits per heavy atom. The van der Waals surface area contributed by atoms with Crippen molar-refractivity contribution in [3.8, 4) is 5.75 Å². The molecule has 0 saturated heterocycles. The topological polar surface area (TPSA) is 32.8 Å². The molecule has 0 bridgehead atoms. The molecule has 2 rings (SSSR count). The SMILES string of the molecule is CSc1ccc(CN(C)CC(=O)N(C)Cc2ccc(OC(F)F)cc2)cc1. The van der Waals surface area contributed by atoms with Gasteiger partial charge in [-0.15, -0.1) is 11.8 Å². The Balaban J connectivity index is 1.83. The minimum Gasteiger partial charge on any atom is -0.435 e. The molecule has 0 fully saturated rings. The number of nitrogens with zero attached hydrogens (tertiary/aromatic N) is 2. The zero-order valence-electron chi connectivity index (χ0n) is 15.7. The number of thioether (sulfide) groups is 1. The van der Waals surface area contributed by atoms with Gasteiger partial charge in [0.1, 0.15) is 5.75 Å². The van der Waals surface area contributed by atoms with Crippen LogP contribution in [0.2, 0.25) is 0 Å². The standard InChI is InChI=1S/C20H24F2N2O2S/c1-23(12-15-6-10-18(27-3)11-7-15)14-19(25)24(2)13-16-4-8-17(9-5-16)26-20(21)22/h4-11,20H,12-14H2,1-3H3. The van der Waals surface area contributed by atoms with E-state index in [1.54, 1.807) is 35.8 Å². The third-order valence-electron chi connectivity index (χ3n) is 4.01. The van der Waals surface area contributed by atoms with Crippen LogP contribution in [0.15, 0.2) is 53.4 Å². The summed E-state index contributed by atoms with van der Waals surface area (Å²) in [4.78, 5) is 17.2. The second-order valence-corrected chi connectivity index (χ2v) is 7.17. The molecule has 0 saturated carbocycles. The first-order valence-electron chi connectivity index (χ1n) is 8.46. The highest BCUT2D eigenvalue weighted by Gasteiger charge is 2.13. The van der Waals surface area contributed by atoms with Gasteiger partial charge in [0.2, 0.25) is 5.91 Å². The van der Waals surface area contributed by atoms with Gasteiger partial charge in [0.15, 0.2) is 0 Å². The van der Waals surface area contributed by atoms with Gasteiger partial charge in [0.05, 0.1) is 6.54 Å². The van der Waals surface area contributed by atoms with Gasteiger partial charge < -0.3 is 9.64 Å². The minimum absolute atomic E-state index is 0.00820. The van der Waals surface area contributed by atoms with Crippen molar-refractivity contribution >= 4 is 17.7 Å². The molecular formula is C20H24F2N2O2S. The van der Waals surface area contributed by atoms with Crippen LogP contribution in [0.1, 0.15) is 11.1 Å². The van der Waals surface area contributed by atoms with Crippen molar-refractivity contribution < 1.29 is 18.3 Å². The largest absolute Gasteiger partial charge is 0.435 e. The van der Waals surface area contributed by atoms with Crippen LogP contribution in [-0.4, -0.2) is 49.2 Å². The highest BCUT2D eigenvalue weighted by atomic mass is 32.2. The molecule has 0 unspecified atom stereocenters. The zero-order valence-corrected chi connectivity index (χ0v) is 16.5. The van der Waals surface area contributed by atoms with Gasteiger partial charge in [-0.1, -0.05) is 24.3 Å². The second-order valence-electron chi connectivity index (χ2n) is 6.29. The number of likely N-dealkylation sites (N-methyl/N-ethyl adjacent to an activating group) is 2. The van der Waals surface area contributed by atoms with Gasteiger partial charge in [0, 0.05) is 25.0 Å². The average molecular weight is 394 g/mol. The molecule has 27 heavy (non-hydrogen) atoms. The first-order chi connectivity index (χ1) is 12.9. The van der Waals surface area contributed by atoms with Crippen molar-refractivity contribution in [2.24, 2.45) is 0 Å². The number of benzene rings is 2. The lowest BCUT2D eigenvalue weighted by molar-refractivity contribution is -0.131. The molecule has 0 aliphatic heterocycles. The van der Waals surface area contributed by atoms with Crippen LogP contribution in [-0.2, 0) is 17.9 Å². The van der Waals surface area contributed by atoms with E-state index in [4.69, 9.17) is 0 Å². The van der Waals surface area contributed by atoms with E-state index >= 15 is 0 Å². The van der Waals surface area contributed by atoms with Gasteiger partial charge >= 0.3 is 6.61 Å². The Labute approximate surface area is 163 Å². The maximum Gasteiger partial charge on any atom is 0.387 e. The van der Waals surface area contributed by atoms with E-state index in [0.717, 1.165) is 11.1 Å². The second kappa shape index (κ2) is 10.3. The normalized spacial score (nSPS) is 11.1. The predicted octanol–water partition coefficient (Wildman–Crippen LogP) is 4.10. The number of carbonyl (C=O) groups is 1. The fourth-order valence-electron chi connectivity index (χ4n) is 2.59. The molecule has 146 valence electrons. The Bertz CT molecular complexity index is 724. The minimum atomic E-state index is -2.84. The van der Waals surface area contributed by atoms with Crippen molar-refractivity contribution in [1.29, 1.82) is 0 Å². The van der Waals surface area contributed by atoms with Crippen LogP contribution in [0.5, 0.6) is 5.75 Å². The van der Waals surface area contributed by atoms with Crippen LogP contribution in [0, 0.1) is 0 Å². The summed E-state index contributed by atoms with van der Waals surface area (Å²) >= 11 is 1.70. The maximum absolute atomic E-state index is 12.4. The molecule has 2 aromatic rings. The van der Waals surface area contributed by atoms with Crippen molar-refractivity contribution in [2.45, 2.75) is 24.6 Å². The van der Waals surface area contributed by atoms with Gasteiger partial charge in [-0.3, -0.25) is 9.69 Å². The highest BCUT2D eigenvalue weighted by molar-refractivity contribution is 7.98. The summed E-state index contributed by atoms with van der Waals surface area (Å²) in [5.41, 5.74) is 2.00. The summed E-state index contributed by atoms with van der Waals surface area (Å²) in [7, 11) is 3.64. The molecule has 0 aromatic heterocycles. The fourth-order valence-corrected chi connectivity index (χ4v) is 3.00. The summed E-state index contributed by atoms with van der Waals surface area (Å²) in [6.07, 6.45) is 2.04. The number of hydrogen-bond donors (Lipinski definition) is 0. The Hall–Kier alpha value is -2.12. The number of amides is 1. The molecule has 0 N–H and O–H groups in total. The van der Waals surface area contributed by atoms with Gasteiger partial charge in [-0.05, 0) is 48.7 Å². The van der Waals surface area contributed by atoms with Crippen LogP contribution >= 0.6 is 11.8 Å². The Morgan fingerprint density at radius 3 is 2.11 bits per heavy atom. The number of halogens is 2. The summed E-state index contributed by atoms with van der Waals surface area (Å²) in [5, 5.41) is 0. The lowest BCUT2D eigenvalue weighted by atomic mass is 10.2. The van der Waals surface area contributed by atoms with Crippen molar-refractivity contribution in [2.75, 3.05) is 26.9 Å². The molecule has 0 aliphatic carbocycles. The van der Waals surface area contributed by atoms with Gasteiger partial charge in [-0.2, -0.15) is 8.78 Å². The van der Waals surface area contributed by atoms with E-state index in [1.807, 2.05) is 18.2 Å². The van der Waals surface area contributed by atoms with E-state index in [-0.39, 0.29) is 11.7 Å². The number of rotatable bonds is 9. The number of ether oxygens (including phenoxy) is 1. The van der Waals surface area contributed by atoms with Gasteiger partial charge in [0.25, 0.3) is 0 Å². The van der Waals surface area contributed by atoms with Crippen molar-refractivity contribution in [3.05, 3.63) is 59.7 Å². The lowest BCUT2D eigenvalue weighted by Crippen LogP contribution is -2.36. The monoisotopic (exact) mass is 394 g/mol. The van der Waals surface area contributed by atoms with E-state index in [9.17, 15) is 13.6 Å². The summed E-state index contributed by atoms with van der Waals surface area (Å²) in [5.74, 6) is 0.0982. The average Bonchev–Trinajstić information content (AvgIpc) is 2.63. The molecule has 1 amide bonds. The van der Waals surface area contributed by atoms with Gasteiger partial charge in [-0.25, -0.2) is 0 Å². The number of hydrogen-bond acceptors (Lipinski definition) is 4. The molecule has 0 radical (unpaired) electrons.